The largest absolute Gasteiger partial charge is 0.341 e. The summed E-state index contributed by atoms with van der Waals surface area (Å²) in [5, 5.41) is 0. The number of nitrogens with zero attached hydrogens (tertiary/aromatic N) is 2. The lowest BCUT2D eigenvalue weighted by atomic mass is 10.0. The van der Waals surface area contributed by atoms with Gasteiger partial charge in [-0.05, 0) is 44.3 Å². The number of carbonyl (C=O) groups is 1. The standard InChI is InChI=1S/C18H27N3O.2ClH/c19-17(15-7-2-1-3-8-15)13-18(22)21-12-6-9-16(14-21)20-10-4-5-11-20;;/h1-3,7-8,16-17H,4-6,9-14,19H2;2*1H. The zero-order valence-electron chi connectivity index (χ0n) is 14.1. The number of piperidine rings is 1. The van der Waals surface area contributed by atoms with E-state index < -0.39 is 0 Å². The van der Waals surface area contributed by atoms with E-state index in [0.29, 0.717) is 12.5 Å². The van der Waals surface area contributed by atoms with Gasteiger partial charge in [0.1, 0.15) is 0 Å². The number of amides is 1. The molecule has 0 spiro atoms. The highest BCUT2D eigenvalue weighted by Crippen LogP contribution is 2.22. The van der Waals surface area contributed by atoms with Crippen LogP contribution in [0.3, 0.4) is 0 Å². The van der Waals surface area contributed by atoms with Crippen LogP contribution in [0, 0.1) is 0 Å². The SMILES string of the molecule is Cl.Cl.NC(CC(=O)N1CCCC(N2CCCC2)C1)c1ccccc1. The molecule has 1 amide bonds. The van der Waals surface area contributed by atoms with E-state index >= 15 is 0 Å². The minimum Gasteiger partial charge on any atom is -0.341 e. The van der Waals surface area contributed by atoms with Gasteiger partial charge in [0.05, 0.1) is 0 Å². The number of hydrogen-bond donors (Lipinski definition) is 1. The van der Waals surface area contributed by atoms with Gasteiger partial charge in [-0.2, -0.15) is 0 Å². The van der Waals surface area contributed by atoms with Gasteiger partial charge < -0.3 is 10.6 Å². The van der Waals surface area contributed by atoms with Crippen LogP contribution in [-0.2, 0) is 4.79 Å². The van der Waals surface area contributed by atoms with Gasteiger partial charge in [-0.3, -0.25) is 9.69 Å². The highest BCUT2D eigenvalue weighted by atomic mass is 35.5. The Kier molecular flexibility index (Phi) is 9.06. The van der Waals surface area contributed by atoms with E-state index in [-0.39, 0.29) is 36.8 Å². The quantitative estimate of drug-likeness (QED) is 0.882. The molecule has 1 aromatic rings. The maximum Gasteiger partial charge on any atom is 0.224 e. The second-order valence-electron chi connectivity index (χ2n) is 6.60. The normalized spacial score (nSPS) is 22.4. The molecule has 2 aliphatic heterocycles. The monoisotopic (exact) mass is 373 g/mol. The van der Waals surface area contributed by atoms with Crippen LogP contribution >= 0.6 is 24.8 Å². The highest BCUT2D eigenvalue weighted by Gasteiger charge is 2.29. The summed E-state index contributed by atoms with van der Waals surface area (Å²) in [4.78, 5) is 17.2. The third-order valence-corrected chi connectivity index (χ3v) is 5.03. The summed E-state index contributed by atoms with van der Waals surface area (Å²) >= 11 is 0. The molecule has 2 aliphatic rings. The van der Waals surface area contributed by atoms with Crippen molar-refractivity contribution in [2.24, 2.45) is 5.73 Å². The van der Waals surface area contributed by atoms with Crippen LogP contribution in [0.15, 0.2) is 30.3 Å². The minimum atomic E-state index is -0.194. The molecule has 2 unspecified atom stereocenters. The van der Waals surface area contributed by atoms with E-state index in [0.717, 1.165) is 25.1 Å². The average Bonchev–Trinajstić information content (AvgIpc) is 3.10. The Morgan fingerprint density at radius 1 is 1.08 bits per heavy atom. The van der Waals surface area contributed by atoms with E-state index in [1.165, 1.54) is 32.4 Å². The number of halogens is 2. The molecule has 2 heterocycles. The molecule has 4 nitrogen and oxygen atoms in total. The van der Waals surface area contributed by atoms with Crippen LogP contribution < -0.4 is 5.73 Å². The van der Waals surface area contributed by atoms with Gasteiger partial charge in [-0.1, -0.05) is 30.3 Å². The topological polar surface area (TPSA) is 49.6 Å². The Bertz CT molecular complexity index is 494. The fourth-order valence-corrected chi connectivity index (χ4v) is 3.72. The van der Waals surface area contributed by atoms with Gasteiger partial charge in [-0.25, -0.2) is 0 Å². The van der Waals surface area contributed by atoms with E-state index in [1.54, 1.807) is 0 Å². The fourth-order valence-electron chi connectivity index (χ4n) is 3.72. The first-order chi connectivity index (χ1) is 10.7. The lowest BCUT2D eigenvalue weighted by molar-refractivity contribution is -0.133. The second kappa shape index (κ2) is 10.2. The Labute approximate surface area is 157 Å². The summed E-state index contributed by atoms with van der Waals surface area (Å²) in [5.41, 5.74) is 7.25. The number of hydrogen-bond acceptors (Lipinski definition) is 3. The molecule has 3 rings (SSSR count). The molecule has 2 atom stereocenters. The van der Waals surface area contributed by atoms with Crippen molar-refractivity contribution in [1.82, 2.24) is 9.80 Å². The summed E-state index contributed by atoms with van der Waals surface area (Å²) < 4.78 is 0. The third kappa shape index (κ3) is 5.35. The minimum absolute atomic E-state index is 0. The molecule has 0 saturated carbocycles. The molecule has 2 fully saturated rings. The van der Waals surface area contributed by atoms with Crippen LogP contribution in [0.4, 0.5) is 0 Å². The van der Waals surface area contributed by atoms with Crippen LogP contribution in [0.1, 0.15) is 43.7 Å². The molecule has 136 valence electrons. The molecule has 24 heavy (non-hydrogen) atoms. The van der Waals surface area contributed by atoms with Crippen molar-refractivity contribution in [2.75, 3.05) is 26.2 Å². The Balaban J connectivity index is 0.00000144. The Morgan fingerprint density at radius 3 is 2.42 bits per heavy atom. The lowest BCUT2D eigenvalue weighted by Crippen LogP contribution is -2.49. The molecular formula is C18H29Cl2N3O. The summed E-state index contributed by atoms with van der Waals surface area (Å²) in [6.45, 7) is 4.19. The summed E-state index contributed by atoms with van der Waals surface area (Å²) in [7, 11) is 0. The van der Waals surface area contributed by atoms with Gasteiger partial charge in [-0.15, -0.1) is 24.8 Å². The first-order valence-electron chi connectivity index (χ1n) is 8.56. The van der Waals surface area contributed by atoms with Gasteiger partial charge in [0, 0.05) is 31.6 Å². The smallest absolute Gasteiger partial charge is 0.224 e. The van der Waals surface area contributed by atoms with Crippen molar-refractivity contribution in [3.8, 4) is 0 Å². The Hall–Kier alpha value is -0.810. The molecule has 1 aromatic carbocycles. The van der Waals surface area contributed by atoms with E-state index in [2.05, 4.69) is 4.90 Å². The zero-order chi connectivity index (χ0) is 15.4. The highest BCUT2D eigenvalue weighted by molar-refractivity contribution is 5.85. The molecule has 0 bridgehead atoms. The summed E-state index contributed by atoms with van der Waals surface area (Å²) in [5.74, 6) is 0.209. The van der Waals surface area contributed by atoms with Crippen LogP contribution in [0.25, 0.3) is 0 Å². The molecule has 6 heteroatoms. The summed E-state index contributed by atoms with van der Waals surface area (Å²) in [6.07, 6.45) is 5.38. The summed E-state index contributed by atoms with van der Waals surface area (Å²) in [6, 6.07) is 10.3. The van der Waals surface area contributed by atoms with E-state index in [4.69, 9.17) is 5.73 Å². The van der Waals surface area contributed by atoms with Crippen molar-refractivity contribution < 1.29 is 4.79 Å². The number of benzene rings is 1. The molecule has 2 saturated heterocycles. The Morgan fingerprint density at radius 2 is 1.75 bits per heavy atom. The van der Waals surface area contributed by atoms with E-state index in [1.807, 2.05) is 35.2 Å². The number of carbonyl (C=O) groups excluding carboxylic acids is 1. The maximum atomic E-state index is 12.6. The van der Waals surface area contributed by atoms with Crippen molar-refractivity contribution in [3.63, 3.8) is 0 Å². The van der Waals surface area contributed by atoms with Crippen LogP contribution in [-0.4, -0.2) is 47.9 Å². The lowest BCUT2D eigenvalue weighted by Gasteiger charge is -2.38. The molecule has 2 N–H and O–H groups in total. The van der Waals surface area contributed by atoms with Crippen LogP contribution in [0.2, 0.25) is 0 Å². The number of nitrogens with two attached hydrogens (primary N) is 1. The molecule has 0 aromatic heterocycles. The number of likely N-dealkylation sites (tertiary alicyclic amines) is 2. The van der Waals surface area contributed by atoms with Gasteiger partial charge in [0.2, 0.25) is 5.91 Å². The zero-order valence-corrected chi connectivity index (χ0v) is 15.7. The van der Waals surface area contributed by atoms with E-state index in [9.17, 15) is 4.79 Å². The molecule has 0 aliphatic carbocycles. The van der Waals surface area contributed by atoms with Crippen molar-refractivity contribution in [1.29, 1.82) is 0 Å². The fraction of sp³-hybridized carbons (Fsp3) is 0.611. The average molecular weight is 374 g/mol. The van der Waals surface area contributed by atoms with Crippen molar-refractivity contribution in [2.45, 2.75) is 44.2 Å². The van der Waals surface area contributed by atoms with Gasteiger partial charge >= 0.3 is 0 Å². The van der Waals surface area contributed by atoms with Crippen molar-refractivity contribution in [3.05, 3.63) is 35.9 Å². The third-order valence-electron chi connectivity index (χ3n) is 5.03. The predicted molar refractivity (Wildman–Crippen MR) is 103 cm³/mol. The van der Waals surface area contributed by atoms with Crippen LogP contribution in [0.5, 0.6) is 0 Å². The van der Waals surface area contributed by atoms with Crippen molar-refractivity contribution >= 4 is 30.7 Å². The molecular weight excluding hydrogens is 345 g/mol. The first kappa shape index (κ1) is 21.2. The van der Waals surface area contributed by atoms with Gasteiger partial charge in [0.25, 0.3) is 0 Å². The maximum absolute atomic E-state index is 12.6. The first-order valence-corrected chi connectivity index (χ1v) is 8.56. The predicted octanol–water partition coefficient (Wildman–Crippen LogP) is 3.01. The van der Waals surface area contributed by atoms with Gasteiger partial charge in [0.15, 0.2) is 0 Å². The molecule has 0 radical (unpaired) electrons. The number of rotatable bonds is 4. The second-order valence-corrected chi connectivity index (χ2v) is 6.60.